The van der Waals surface area contributed by atoms with Gasteiger partial charge in [0.25, 0.3) is 5.91 Å². The van der Waals surface area contributed by atoms with E-state index in [4.69, 9.17) is 4.74 Å². The summed E-state index contributed by atoms with van der Waals surface area (Å²) in [6.07, 6.45) is 6.37. The van der Waals surface area contributed by atoms with E-state index in [1.807, 2.05) is 28.0 Å². The van der Waals surface area contributed by atoms with Crippen LogP contribution in [0.4, 0.5) is 4.39 Å². The van der Waals surface area contributed by atoms with Crippen LogP contribution in [0, 0.1) is 11.7 Å². The third-order valence-electron chi connectivity index (χ3n) is 7.60. The highest BCUT2D eigenvalue weighted by atomic mass is 19.1. The topological polar surface area (TPSA) is 49.9 Å². The van der Waals surface area contributed by atoms with Crippen molar-refractivity contribution in [2.45, 2.75) is 64.0 Å². The minimum atomic E-state index is -0.569. The predicted octanol–water partition coefficient (Wildman–Crippen LogP) is 4.88. The van der Waals surface area contributed by atoms with E-state index in [0.717, 1.165) is 74.7 Å². The number of halogens is 1. The van der Waals surface area contributed by atoms with Gasteiger partial charge in [-0.2, -0.15) is 0 Å². The average Bonchev–Trinajstić information content (AvgIpc) is 3.58. The van der Waals surface area contributed by atoms with Crippen molar-refractivity contribution in [1.82, 2.24) is 9.80 Å². The van der Waals surface area contributed by atoms with E-state index >= 15 is 0 Å². The van der Waals surface area contributed by atoms with Crippen molar-refractivity contribution in [2.75, 3.05) is 19.6 Å². The number of nitrogens with zero attached hydrogens (tertiary/aromatic N) is 2. The fraction of sp³-hybridized carbons (Fsp3) is 0.500. The molecule has 2 aliphatic heterocycles. The third-order valence-corrected chi connectivity index (χ3v) is 7.60. The maximum atomic E-state index is 13.7. The van der Waals surface area contributed by atoms with Crippen LogP contribution in [0.2, 0.25) is 0 Å². The van der Waals surface area contributed by atoms with Crippen molar-refractivity contribution in [3.8, 4) is 5.75 Å². The molecule has 2 fully saturated rings. The Bertz CT molecular complexity index is 1040. The maximum absolute atomic E-state index is 13.7. The number of amides is 2. The first-order chi connectivity index (χ1) is 16.5. The van der Waals surface area contributed by atoms with E-state index < -0.39 is 6.10 Å². The largest absolute Gasteiger partial charge is 0.481 e. The molecule has 0 radical (unpaired) electrons. The Morgan fingerprint density at radius 1 is 0.971 bits per heavy atom. The Hall–Kier alpha value is -2.89. The summed E-state index contributed by atoms with van der Waals surface area (Å²) in [5.74, 6) is 0.618. The molecule has 34 heavy (non-hydrogen) atoms. The van der Waals surface area contributed by atoms with Gasteiger partial charge in [0, 0.05) is 25.6 Å². The molecule has 5 nitrogen and oxygen atoms in total. The Morgan fingerprint density at radius 3 is 2.38 bits per heavy atom. The molecule has 2 amide bonds. The molecule has 2 aromatic carbocycles. The summed E-state index contributed by atoms with van der Waals surface area (Å²) in [6.45, 7) is 4.03. The molecule has 2 unspecified atom stereocenters. The van der Waals surface area contributed by atoms with Crippen LogP contribution < -0.4 is 4.74 Å². The fourth-order valence-corrected chi connectivity index (χ4v) is 5.76. The van der Waals surface area contributed by atoms with Crippen LogP contribution in [-0.4, -0.2) is 47.4 Å². The molecule has 2 atom stereocenters. The Labute approximate surface area is 200 Å². The second-order valence-electron chi connectivity index (χ2n) is 9.87. The summed E-state index contributed by atoms with van der Waals surface area (Å²) in [5.41, 5.74) is 3.06. The molecule has 180 valence electrons. The van der Waals surface area contributed by atoms with Crippen LogP contribution in [0.5, 0.6) is 5.75 Å². The number of hydrogen-bond acceptors (Lipinski definition) is 3. The van der Waals surface area contributed by atoms with Crippen LogP contribution in [0.15, 0.2) is 42.5 Å². The molecule has 2 heterocycles. The highest BCUT2D eigenvalue weighted by Crippen LogP contribution is 2.40. The lowest BCUT2D eigenvalue weighted by Crippen LogP contribution is -2.43. The number of hydrogen-bond donors (Lipinski definition) is 0. The van der Waals surface area contributed by atoms with Crippen LogP contribution >= 0.6 is 0 Å². The number of benzene rings is 2. The van der Waals surface area contributed by atoms with Gasteiger partial charge in [-0.25, -0.2) is 4.39 Å². The van der Waals surface area contributed by atoms with Crippen molar-refractivity contribution < 1.29 is 18.7 Å². The predicted molar refractivity (Wildman–Crippen MR) is 128 cm³/mol. The Balaban J connectivity index is 1.45. The Kier molecular flexibility index (Phi) is 6.57. The van der Waals surface area contributed by atoms with E-state index in [9.17, 15) is 14.0 Å². The van der Waals surface area contributed by atoms with Crippen molar-refractivity contribution >= 4 is 11.8 Å². The normalized spacial score (nSPS) is 21.4. The van der Waals surface area contributed by atoms with Crippen LogP contribution in [0.3, 0.4) is 0 Å². The third kappa shape index (κ3) is 4.55. The molecular formula is C28H33FN2O3. The van der Waals surface area contributed by atoms with Crippen molar-refractivity contribution in [1.29, 1.82) is 0 Å². The average molecular weight is 465 g/mol. The maximum Gasteiger partial charge on any atom is 0.263 e. The van der Waals surface area contributed by atoms with Crippen molar-refractivity contribution in [3.05, 3.63) is 65.0 Å². The zero-order valence-corrected chi connectivity index (χ0v) is 19.8. The highest BCUT2D eigenvalue weighted by molar-refractivity contribution is 5.81. The highest BCUT2D eigenvalue weighted by Gasteiger charge is 2.36. The molecule has 5 rings (SSSR count). The van der Waals surface area contributed by atoms with Crippen LogP contribution in [-0.2, 0) is 16.0 Å². The lowest BCUT2D eigenvalue weighted by Gasteiger charge is -2.39. The fourth-order valence-electron chi connectivity index (χ4n) is 5.76. The molecule has 0 N–H and O–H groups in total. The van der Waals surface area contributed by atoms with Gasteiger partial charge in [-0.05, 0) is 80.0 Å². The Morgan fingerprint density at radius 2 is 1.68 bits per heavy atom. The molecule has 1 saturated heterocycles. The number of fused-ring (bicyclic) bond motifs is 1. The first-order valence-corrected chi connectivity index (χ1v) is 12.7. The van der Waals surface area contributed by atoms with Gasteiger partial charge in [-0.1, -0.05) is 31.0 Å². The number of likely N-dealkylation sites (tertiary alicyclic amines) is 1. The molecule has 6 heteroatoms. The number of rotatable bonds is 5. The van der Waals surface area contributed by atoms with Gasteiger partial charge in [0.2, 0.25) is 5.91 Å². The summed E-state index contributed by atoms with van der Waals surface area (Å²) >= 11 is 0. The molecule has 0 bridgehead atoms. The van der Waals surface area contributed by atoms with Gasteiger partial charge in [0.15, 0.2) is 6.10 Å². The SMILES string of the molecule is CC(Oc1ccc2c(c1)C(c1ccc(F)cc1)N(C(=O)C1CCCC1)CC2)C(=O)N1CCCC1. The van der Waals surface area contributed by atoms with Gasteiger partial charge >= 0.3 is 0 Å². The standard InChI is InChI=1S/C28H33FN2O3/c1-19(27(32)30-15-4-5-16-30)34-24-13-10-20-14-17-31(28(33)22-6-2-3-7-22)26(25(20)18-24)21-8-11-23(29)12-9-21/h8-13,18-19,22,26H,2-7,14-17H2,1H3. The molecule has 2 aromatic rings. The van der Waals surface area contributed by atoms with Gasteiger partial charge < -0.3 is 14.5 Å². The smallest absolute Gasteiger partial charge is 0.263 e. The van der Waals surface area contributed by atoms with Crippen LogP contribution in [0.1, 0.15) is 68.2 Å². The summed E-state index contributed by atoms with van der Waals surface area (Å²) in [7, 11) is 0. The number of carbonyl (C=O) groups is 2. The number of ether oxygens (including phenoxy) is 1. The van der Waals surface area contributed by atoms with Gasteiger partial charge in [-0.3, -0.25) is 9.59 Å². The molecule has 1 aliphatic carbocycles. The van der Waals surface area contributed by atoms with Crippen molar-refractivity contribution in [3.63, 3.8) is 0 Å². The van der Waals surface area contributed by atoms with Gasteiger partial charge in [0.1, 0.15) is 11.6 Å². The van der Waals surface area contributed by atoms with E-state index in [1.54, 1.807) is 19.1 Å². The summed E-state index contributed by atoms with van der Waals surface area (Å²) in [4.78, 5) is 30.1. The summed E-state index contributed by atoms with van der Waals surface area (Å²) in [6, 6.07) is 12.1. The van der Waals surface area contributed by atoms with E-state index in [-0.39, 0.29) is 29.6 Å². The quantitative estimate of drug-likeness (QED) is 0.634. The molecule has 3 aliphatic rings. The van der Waals surface area contributed by atoms with Gasteiger partial charge in [-0.15, -0.1) is 0 Å². The summed E-state index contributed by atoms with van der Waals surface area (Å²) < 4.78 is 19.8. The molecule has 1 saturated carbocycles. The van der Waals surface area contributed by atoms with E-state index in [1.165, 1.54) is 12.1 Å². The summed E-state index contributed by atoms with van der Waals surface area (Å²) in [5, 5.41) is 0. The molecule has 0 spiro atoms. The van der Waals surface area contributed by atoms with Crippen molar-refractivity contribution in [2.24, 2.45) is 5.92 Å². The van der Waals surface area contributed by atoms with Crippen LogP contribution in [0.25, 0.3) is 0 Å². The lowest BCUT2D eigenvalue weighted by atomic mass is 9.87. The molecular weight excluding hydrogens is 431 g/mol. The second kappa shape index (κ2) is 9.77. The molecule has 0 aromatic heterocycles. The van der Waals surface area contributed by atoms with E-state index in [2.05, 4.69) is 0 Å². The number of carbonyl (C=O) groups excluding carboxylic acids is 2. The lowest BCUT2D eigenvalue weighted by molar-refractivity contribution is -0.137. The first kappa shape index (κ1) is 22.9. The minimum Gasteiger partial charge on any atom is -0.481 e. The van der Waals surface area contributed by atoms with E-state index in [0.29, 0.717) is 12.3 Å². The second-order valence-corrected chi connectivity index (χ2v) is 9.87. The minimum absolute atomic E-state index is 0.0170. The zero-order valence-electron chi connectivity index (χ0n) is 19.8. The van der Waals surface area contributed by atoms with Gasteiger partial charge in [0.05, 0.1) is 6.04 Å². The first-order valence-electron chi connectivity index (χ1n) is 12.7. The zero-order chi connectivity index (χ0) is 23.7. The monoisotopic (exact) mass is 464 g/mol.